The number of carbonyl (C=O) groups is 4. The van der Waals surface area contributed by atoms with E-state index in [1.807, 2.05) is 42.5 Å². The Balaban J connectivity index is 0.000000505. The second-order valence-electron chi connectivity index (χ2n) is 8.84. The quantitative estimate of drug-likeness (QED) is 0.458. The normalized spacial score (nSPS) is 22.0. The molecular weight excluding hydrogens is 509 g/mol. The largest absolute Gasteiger partial charge is 0.490 e. The van der Waals surface area contributed by atoms with Gasteiger partial charge < -0.3 is 30.7 Å². The second-order valence-corrected chi connectivity index (χ2v) is 8.84. The molecule has 2 aliphatic rings. The molecule has 10 nitrogen and oxygen atoms in total. The average Bonchev–Trinajstić information content (AvgIpc) is 3.24. The number of hydrogen-bond donors (Lipinski definition) is 4. The molecule has 2 aromatic rings. The van der Waals surface area contributed by atoms with E-state index in [1.165, 1.54) is 4.90 Å². The van der Waals surface area contributed by atoms with Crippen LogP contribution >= 0.6 is 0 Å². The first-order valence-electron chi connectivity index (χ1n) is 11.9. The number of ether oxygens (including phenoxy) is 1. The molecule has 206 valence electrons. The van der Waals surface area contributed by atoms with Gasteiger partial charge in [0.25, 0.3) is 0 Å². The predicted octanol–water partition coefficient (Wildman–Crippen LogP) is 2.24. The van der Waals surface area contributed by atoms with Gasteiger partial charge in [0.15, 0.2) is 0 Å². The molecule has 2 aliphatic heterocycles. The molecule has 38 heavy (non-hydrogen) atoms. The van der Waals surface area contributed by atoms with E-state index >= 15 is 0 Å². The maximum Gasteiger partial charge on any atom is 0.490 e. The van der Waals surface area contributed by atoms with Crippen LogP contribution in [-0.2, 0) is 23.9 Å². The van der Waals surface area contributed by atoms with Crippen LogP contribution in [0.3, 0.4) is 0 Å². The van der Waals surface area contributed by atoms with Crippen LogP contribution in [0.25, 0.3) is 10.8 Å². The van der Waals surface area contributed by atoms with Crippen LogP contribution < -0.4 is 16.0 Å². The number of fused-ring (bicyclic) bond motifs is 2. The van der Waals surface area contributed by atoms with E-state index in [4.69, 9.17) is 14.6 Å². The van der Waals surface area contributed by atoms with Crippen molar-refractivity contribution in [1.29, 1.82) is 0 Å². The maximum atomic E-state index is 13.3. The van der Waals surface area contributed by atoms with E-state index in [0.29, 0.717) is 31.6 Å². The van der Waals surface area contributed by atoms with Crippen LogP contribution in [-0.4, -0.2) is 77.9 Å². The van der Waals surface area contributed by atoms with Gasteiger partial charge in [0, 0.05) is 17.5 Å². The Kier molecular flexibility index (Phi) is 9.28. The Hall–Kier alpha value is -3.71. The van der Waals surface area contributed by atoms with Crippen LogP contribution in [0.1, 0.15) is 26.2 Å². The molecule has 4 N–H and O–H groups in total. The van der Waals surface area contributed by atoms with Crippen LogP contribution in [0.2, 0.25) is 0 Å². The Morgan fingerprint density at radius 2 is 1.74 bits per heavy atom. The van der Waals surface area contributed by atoms with Crippen LogP contribution in [0.4, 0.5) is 18.9 Å². The van der Waals surface area contributed by atoms with Gasteiger partial charge >= 0.3 is 12.1 Å². The van der Waals surface area contributed by atoms with Gasteiger partial charge in [0.05, 0.1) is 12.6 Å². The van der Waals surface area contributed by atoms with Gasteiger partial charge in [-0.05, 0) is 38.3 Å². The number of alkyl halides is 3. The number of rotatable bonds is 5. The highest BCUT2D eigenvalue weighted by Crippen LogP contribution is 2.31. The summed E-state index contributed by atoms with van der Waals surface area (Å²) in [5.41, 5.74) is 0.711. The molecule has 2 heterocycles. The SMILES string of the molecule is CN[C@@H](C)C(=O)N[C@H]1CCO[C@H]2CC[C@@H](C(=O)Nc3cccc4ccccc34)N2C1=O.O=C(O)C(F)(F)F. The van der Waals surface area contributed by atoms with Gasteiger partial charge in [0.2, 0.25) is 17.7 Å². The topological polar surface area (TPSA) is 137 Å². The lowest BCUT2D eigenvalue weighted by Gasteiger charge is -2.30. The van der Waals surface area contributed by atoms with Crippen LogP contribution in [0.15, 0.2) is 42.5 Å². The van der Waals surface area contributed by atoms with Crippen molar-refractivity contribution >= 4 is 40.2 Å². The molecule has 0 spiro atoms. The molecule has 0 aromatic heterocycles. The fourth-order valence-corrected chi connectivity index (χ4v) is 4.23. The first kappa shape index (κ1) is 28.9. The second kappa shape index (κ2) is 12.2. The number of halogens is 3. The summed E-state index contributed by atoms with van der Waals surface area (Å²) in [6.45, 7) is 2.08. The van der Waals surface area contributed by atoms with E-state index in [9.17, 15) is 27.6 Å². The molecule has 13 heteroatoms. The van der Waals surface area contributed by atoms with E-state index in [2.05, 4.69) is 16.0 Å². The van der Waals surface area contributed by atoms with Crippen molar-refractivity contribution in [2.75, 3.05) is 19.0 Å². The third kappa shape index (κ3) is 6.78. The first-order chi connectivity index (χ1) is 17.9. The first-order valence-corrected chi connectivity index (χ1v) is 11.9. The number of amides is 3. The number of aliphatic carboxylic acids is 1. The molecule has 4 atom stereocenters. The van der Waals surface area contributed by atoms with Gasteiger partial charge in [-0.3, -0.25) is 14.4 Å². The number of benzene rings is 2. The van der Waals surface area contributed by atoms with E-state index in [1.54, 1.807) is 14.0 Å². The monoisotopic (exact) mass is 538 g/mol. The van der Waals surface area contributed by atoms with Gasteiger partial charge in [-0.2, -0.15) is 13.2 Å². The van der Waals surface area contributed by atoms with Crippen molar-refractivity contribution in [2.24, 2.45) is 0 Å². The number of carboxylic acids is 1. The third-order valence-corrected chi connectivity index (χ3v) is 6.34. The van der Waals surface area contributed by atoms with Crippen molar-refractivity contribution in [2.45, 2.75) is 56.7 Å². The lowest BCUT2D eigenvalue weighted by Crippen LogP contribution is -2.55. The number of carbonyl (C=O) groups excluding carboxylic acids is 3. The highest BCUT2D eigenvalue weighted by atomic mass is 19.4. The number of hydrogen-bond acceptors (Lipinski definition) is 6. The molecule has 0 radical (unpaired) electrons. The summed E-state index contributed by atoms with van der Waals surface area (Å²) in [5, 5.41) is 17.8. The Labute approximate surface area is 216 Å². The Bertz CT molecular complexity index is 1190. The highest BCUT2D eigenvalue weighted by Gasteiger charge is 2.45. The molecule has 0 aliphatic carbocycles. The minimum Gasteiger partial charge on any atom is -0.475 e. The fraction of sp³-hybridized carbons (Fsp3) is 0.440. The maximum absolute atomic E-state index is 13.3. The number of nitrogens with one attached hydrogen (secondary N) is 3. The van der Waals surface area contributed by atoms with Crippen molar-refractivity contribution < 1.29 is 42.2 Å². The van der Waals surface area contributed by atoms with Crippen LogP contribution in [0.5, 0.6) is 0 Å². The van der Waals surface area contributed by atoms with Crippen molar-refractivity contribution in [3.63, 3.8) is 0 Å². The molecule has 0 saturated carbocycles. The Morgan fingerprint density at radius 1 is 1.08 bits per heavy atom. The lowest BCUT2D eigenvalue weighted by molar-refractivity contribution is -0.192. The van der Waals surface area contributed by atoms with Gasteiger partial charge in [-0.1, -0.05) is 36.4 Å². The fourth-order valence-electron chi connectivity index (χ4n) is 4.23. The Morgan fingerprint density at radius 3 is 2.39 bits per heavy atom. The zero-order chi connectivity index (χ0) is 28.0. The summed E-state index contributed by atoms with van der Waals surface area (Å²) in [5.74, 6) is -3.52. The number of anilines is 1. The molecule has 2 fully saturated rings. The zero-order valence-electron chi connectivity index (χ0n) is 20.7. The molecule has 3 amide bonds. The van der Waals surface area contributed by atoms with Gasteiger partial charge in [-0.25, -0.2) is 4.79 Å². The van der Waals surface area contributed by atoms with Gasteiger partial charge in [0.1, 0.15) is 18.3 Å². The minimum absolute atomic E-state index is 0.244. The number of carboxylic acid groups (broad SMARTS) is 1. The van der Waals surface area contributed by atoms with Crippen molar-refractivity contribution in [3.05, 3.63) is 42.5 Å². The van der Waals surface area contributed by atoms with Crippen molar-refractivity contribution in [3.8, 4) is 0 Å². The standard InChI is InChI=1S/C23H28N4O4.C2HF3O2/c1-14(24-2)21(28)26-18-12-13-31-20-11-10-19(27(20)23(18)30)22(29)25-17-9-5-7-15-6-3-4-8-16(15)17;3-2(4,5)1(6)7/h3-9,14,18-20,24H,10-13H2,1-2H3,(H,25,29)(H,26,28);(H,6,7)/t14-,18-,19-,20-;/m0./s1. The number of nitrogens with zero attached hydrogens (tertiary/aromatic N) is 1. The lowest BCUT2D eigenvalue weighted by atomic mass is 10.1. The summed E-state index contributed by atoms with van der Waals surface area (Å²) in [4.78, 5) is 49.2. The molecule has 4 rings (SSSR count). The predicted molar refractivity (Wildman–Crippen MR) is 131 cm³/mol. The molecule has 2 saturated heterocycles. The van der Waals surface area contributed by atoms with E-state index < -0.39 is 36.5 Å². The van der Waals surface area contributed by atoms with Gasteiger partial charge in [-0.15, -0.1) is 0 Å². The smallest absolute Gasteiger partial charge is 0.475 e. The van der Waals surface area contributed by atoms with E-state index in [0.717, 1.165) is 10.8 Å². The molecular formula is C25H29F3N4O6. The number of likely N-dealkylation sites (N-methyl/N-ethyl adjacent to an activating group) is 1. The summed E-state index contributed by atoms with van der Waals surface area (Å²) < 4.78 is 37.6. The zero-order valence-corrected chi connectivity index (χ0v) is 20.7. The third-order valence-electron chi connectivity index (χ3n) is 6.34. The summed E-state index contributed by atoms with van der Waals surface area (Å²) in [6.07, 6.45) is -4.04. The van der Waals surface area contributed by atoms with E-state index in [-0.39, 0.29) is 17.7 Å². The minimum atomic E-state index is -5.08. The van der Waals surface area contributed by atoms with Crippen LogP contribution in [0, 0.1) is 0 Å². The van der Waals surface area contributed by atoms with Crippen molar-refractivity contribution in [1.82, 2.24) is 15.5 Å². The summed E-state index contributed by atoms with van der Waals surface area (Å²) in [7, 11) is 1.69. The molecule has 0 bridgehead atoms. The average molecular weight is 539 g/mol. The summed E-state index contributed by atoms with van der Waals surface area (Å²) in [6, 6.07) is 11.8. The molecule has 2 aromatic carbocycles. The molecule has 0 unspecified atom stereocenters. The summed E-state index contributed by atoms with van der Waals surface area (Å²) >= 11 is 0. The highest BCUT2D eigenvalue weighted by molar-refractivity contribution is 6.05.